The van der Waals surface area contributed by atoms with Gasteiger partial charge in [-0.15, -0.1) is 0 Å². The molecule has 0 aromatic carbocycles. The summed E-state index contributed by atoms with van der Waals surface area (Å²) in [6, 6.07) is 0.970. The van der Waals surface area contributed by atoms with Gasteiger partial charge in [-0.25, -0.2) is 0 Å². The zero-order valence-corrected chi connectivity index (χ0v) is 15.2. The van der Waals surface area contributed by atoms with Gasteiger partial charge in [-0.05, 0) is 52.8 Å². The van der Waals surface area contributed by atoms with Gasteiger partial charge < -0.3 is 8.23 Å². The van der Waals surface area contributed by atoms with Crippen molar-refractivity contribution in [1.29, 1.82) is 0 Å². The number of rotatable bonds is 6. The molecule has 96 valence electrons. The summed E-state index contributed by atoms with van der Waals surface area (Å²) in [4.78, 5) is 0. The van der Waals surface area contributed by atoms with Gasteiger partial charge in [-0.2, -0.15) is 0 Å². The monoisotopic (exact) mass is 276 g/mol. The van der Waals surface area contributed by atoms with E-state index in [9.17, 15) is 0 Å². The fourth-order valence-corrected chi connectivity index (χ4v) is 14.0. The summed E-state index contributed by atoms with van der Waals surface area (Å²) in [6.07, 6.45) is 4.28. The molecular formula is C11H28O2Si3. The highest BCUT2D eigenvalue weighted by atomic mass is 28.5. The molecule has 0 saturated heterocycles. The van der Waals surface area contributed by atoms with Crippen LogP contribution in [0.15, 0.2) is 12.2 Å². The van der Waals surface area contributed by atoms with Crippen molar-refractivity contribution in [3.05, 3.63) is 12.2 Å². The predicted molar refractivity (Wildman–Crippen MR) is 80.1 cm³/mol. The fourth-order valence-electron chi connectivity index (χ4n) is 1.73. The molecule has 0 aliphatic heterocycles. The Bertz CT molecular complexity index is 223. The zero-order chi connectivity index (χ0) is 13.0. The van der Waals surface area contributed by atoms with Crippen molar-refractivity contribution >= 4 is 25.2 Å². The molecule has 0 spiro atoms. The van der Waals surface area contributed by atoms with Gasteiger partial charge in [0.2, 0.25) is 0 Å². The maximum absolute atomic E-state index is 6.34. The van der Waals surface area contributed by atoms with E-state index in [-0.39, 0.29) is 0 Å². The van der Waals surface area contributed by atoms with Crippen LogP contribution in [0.25, 0.3) is 0 Å². The molecule has 0 amide bonds. The van der Waals surface area contributed by atoms with Gasteiger partial charge in [0.1, 0.15) is 0 Å². The molecule has 0 saturated carbocycles. The second-order valence-corrected chi connectivity index (χ2v) is 19.1. The van der Waals surface area contributed by atoms with E-state index in [4.69, 9.17) is 8.23 Å². The highest BCUT2D eigenvalue weighted by molar-refractivity contribution is 6.87. The predicted octanol–water partition coefficient (Wildman–Crippen LogP) is 4.34. The van der Waals surface area contributed by atoms with Gasteiger partial charge in [0, 0.05) is 6.04 Å². The molecule has 0 fully saturated rings. The third-order valence-corrected chi connectivity index (χ3v) is 11.1. The molecule has 0 atom stereocenters. The fraction of sp³-hybridized carbons (Fsp3) is 0.818. The molecule has 0 unspecified atom stereocenters. The average molecular weight is 277 g/mol. The first-order valence-corrected chi connectivity index (χ1v) is 15.3. The summed E-state index contributed by atoms with van der Waals surface area (Å²) in [7, 11) is -5.04. The van der Waals surface area contributed by atoms with Crippen molar-refractivity contribution in [2.24, 2.45) is 0 Å². The first-order valence-electron chi connectivity index (χ1n) is 5.99. The highest BCUT2D eigenvalue weighted by Crippen LogP contribution is 2.24. The van der Waals surface area contributed by atoms with E-state index in [0.717, 1.165) is 6.04 Å². The van der Waals surface area contributed by atoms with Crippen LogP contribution in [0.3, 0.4) is 0 Å². The quantitative estimate of drug-likeness (QED) is 0.531. The Morgan fingerprint density at radius 3 is 1.44 bits per heavy atom. The Morgan fingerprint density at radius 1 is 0.812 bits per heavy atom. The molecule has 2 nitrogen and oxygen atoms in total. The summed E-state index contributed by atoms with van der Waals surface area (Å²) in [5.41, 5.74) is 0. The minimum absolute atomic E-state index is 0.970. The molecule has 0 aromatic rings. The lowest BCUT2D eigenvalue weighted by Gasteiger charge is -2.38. The van der Waals surface area contributed by atoms with E-state index in [0.29, 0.717) is 0 Å². The maximum atomic E-state index is 6.34. The van der Waals surface area contributed by atoms with Crippen LogP contribution < -0.4 is 0 Å². The van der Waals surface area contributed by atoms with Crippen molar-refractivity contribution in [3.63, 3.8) is 0 Å². The number of allylic oxidation sites excluding steroid dienone is 2. The van der Waals surface area contributed by atoms with E-state index < -0.39 is 25.2 Å². The van der Waals surface area contributed by atoms with Gasteiger partial charge in [-0.1, -0.05) is 12.2 Å². The van der Waals surface area contributed by atoms with Gasteiger partial charge in [0.15, 0.2) is 16.6 Å². The molecule has 0 bridgehead atoms. The van der Waals surface area contributed by atoms with Crippen LogP contribution in [0, 0.1) is 0 Å². The zero-order valence-electron chi connectivity index (χ0n) is 12.2. The summed E-state index contributed by atoms with van der Waals surface area (Å²) in [5.74, 6) is 0. The Labute approximate surface area is 105 Å². The van der Waals surface area contributed by atoms with Crippen LogP contribution >= 0.6 is 0 Å². The summed E-state index contributed by atoms with van der Waals surface area (Å²) in [5, 5.41) is 0. The van der Waals surface area contributed by atoms with E-state index in [1.165, 1.54) is 0 Å². The van der Waals surface area contributed by atoms with Crippen LogP contribution in [0.4, 0.5) is 0 Å². The van der Waals surface area contributed by atoms with Gasteiger partial charge in [0.25, 0.3) is 0 Å². The number of hydrogen-bond acceptors (Lipinski definition) is 2. The Kier molecular flexibility index (Phi) is 5.88. The minimum atomic E-state index is -2.00. The molecule has 0 heterocycles. The maximum Gasteiger partial charge on any atom is 0.318 e. The standard InChI is InChI=1S/C11H28O2Si3/c1-9-10-11-16(8,12-14(2,3)4)13-15(5,6)7/h9-10H,11H2,1-8H3/b10-9+. The van der Waals surface area contributed by atoms with Crippen molar-refractivity contribution in [2.75, 3.05) is 0 Å². The molecule has 0 N–H and O–H groups in total. The van der Waals surface area contributed by atoms with Gasteiger partial charge >= 0.3 is 8.56 Å². The highest BCUT2D eigenvalue weighted by Gasteiger charge is 2.39. The molecule has 0 aliphatic rings. The van der Waals surface area contributed by atoms with Crippen LogP contribution in [0.5, 0.6) is 0 Å². The Morgan fingerprint density at radius 2 is 1.19 bits per heavy atom. The number of hydrogen-bond donors (Lipinski definition) is 0. The van der Waals surface area contributed by atoms with Crippen LogP contribution in [-0.2, 0) is 8.23 Å². The van der Waals surface area contributed by atoms with Crippen LogP contribution in [0.2, 0.25) is 51.9 Å². The lowest BCUT2D eigenvalue weighted by Crippen LogP contribution is -2.52. The van der Waals surface area contributed by atoms with E-state index >= 15 is 0 Å². The third-order valence-electron chi connectivity index (χ3n) is 1.77. The lowest BCUT2D eigenvalue weighted by molar-refractivity contribution is 0.389. The van der Waals surface area contributed by atoms with Crippen LogP contribution in [0.1, 0.15) is 6.92 Å². The van der Waals surface area contributed by atoms with Crippen LogP contribution in [-0.4, -0.2) is 25.2 Å². The second kappa shape index (κ2) is 5.77. The molecule has 16 heavy (non-hydrogen) atoms. The lowest BCUT2D eigenvalue weighted by atomic mass is 10.6. The molecule has 0 aliphatic carbocycles. The van der Waals surface area contributed by atoms with E-state index in [1.54, 1.807) is 0 Å². The smallest absolute Gasteiger partial charge is 0.318 e. The molecule has 0 rings (SSSR count). The third kappa shape index (κ3) is 8.46. The molecular weight excluding hydrogens is 248 g/mol. The SMILES string of the molecule is C/C=C/C[Si](C)(O[Si](C)(C)C)O[Si](C)(C)C. The van der Waals surface area contributed by atoms with Crippen molar-refractivity contribution < 1.29 is 8.23 Å². The second-order valence-electron chi connectivity index (χ2n) is 6.34. The molecule has 5 heteroatoms. The average Bonchev–Trinajstić information content (AvgIpc) is 1.93. The van der Waals surface area contributed by atoms with E-state index in [1.807, 2.05) is 0 Å². The summed E-state index contributed by atoms with van der Waals surface area (Å²) < 4.78 is 12.7. The first kappa shape index (κ1) is 16.3. The van der Waals surface area contributed by atoms with Crippen molar-refractivity contribution in [1.82, 2.24) is 0 Å². The molecule has 0 aromatic heterocycles. The van der Waals surface area contributed by atoms with Gasteiger partial charge in [0.05, 0.1) is 0 Å². The van der Waals surface area contributed by atoms with Crippen molar-refractivity contribution in [3.8, 4) is 0 Å². The van der Waals surface area contributed by atoms with E-state index in [2.05, 4.69) is 64.9 Å². The normalized spacial score (nSPS) is 14.8. The Balaban J connectivity index is 4.74. The Hall–Kier alpha value is 0.311. The van der Waals surface area contributed by atoms with Crippen molar-refractivity contribution in [2.45, 2.75) is 58.8 Å². The summed E-state index contributed by atoms with van der Waals surface area (Å²) >= 11 is 0. The minimum Gasteiger partial charge on any atom is -0.436 e. The topological polar surface area (TPSA) is 18.5 Å². The summed E-state index contributed by atoms with van der Waals surface area (Å²) in [6.45, 7) is 17.7. The largest absolute Gasteiger partial charge is 0.436 e. The molecule has 0 radical (unpaired) electrons. The first-order chi connectivity index (χ1) is 6.97. The van der Waals surface area contributed by atoms with Gasteiger partial charge in [-0.3, -0.25) is 0 Å².